The minimum atomic E-state index is -0.808. The van der Waals surface area contributed by atoms with Crippen LogP contribution in [0.1, 0.15) is 24.0 Å². The maximum Gasteiger partial charge on any atom is 0.248 e. The molecule has 5 N–H and O–H groups in total. The third-order valence-corrected chi connectivity index (χ3v) is 6.48. The molecule has 0 bridgehead atoms. The van der Waals surface area contributed by atoms with Crippen molar-refractivity contribution in [1.82, 2.24) is 15.5 Å². The number of hydrogen-bond donors (Lipinski definition) is 4. The number of ether oxygens (including phenoxy) is 1. The zero-order valence-electron chi connectivity index (χ0n) is 19.3. The molecule has 1 aliphatic rings. The van der Waals surface area contributed by atoms with Gasteiger partial charge in [0.2, 0.25) is 11.8 Å². The number of carbonyl (C=O) groups is 2. The molecule has 3 rings (SSSR count). The molecule has 0 aromatic heterocycles. The molecule has 2 amide bonds. The van der Waals surface area contributed by atoms with Crippen LogP contribution in [0, 0.1) is 12.3 Å². The molecule has 0 radical (unpaired) electrons. The van der Waals surface area contributed by atoms with Gasteiger partial charge in [-0.1, -0.05) is 35.9 Å². The molecule has 1 fully saturated rings. The summed E-state index contributed by atoms with van der Waals surface area (Å²) < 4.78 is 5.79. The van der Waals surface area contributed by atoms with Crippen LogP contribution in [0.2, 0.25) is 5.02 Å². The van der Waals surface area contributed by atoms with Crippen LogP contribution in [0.3, 0.4) is 0 Å². The summed E-state index contributed by atoms with van der Waals surface area (Å²) in [7, 11) is 0. The molecule has 182 valence electrons. The van der Waals surface area contributed by atoms with E-state index in [1.54, 1.807) is 17.0 Å². The van der Waals surface area contributed by atoms with Crippen molar-refractivity contribution in [1.29, 1.82) is 0 Å². The predicted molar refractivity (Wildman–Crippen MR) is 132 cm³/mol. The summed E-state index contributed by atoms with van der Waals surface area (Å²) in [6, 6.07) is 12.8. The molecule has 34 heavy (non-hydrogen) atoms. The molecular formula is C25H31ClN4O4. The normalized spacial score (nSPS) is 14.9. The van der Waals surface area contributed by atoms with Gasteiger partial charge in [-0.15, -0.1) is 0 Å². The highest BCUT2D eigenvalue weighted by atomic mass is 35.5. The summed E-state index contributed by atoms with van der Waals surface area (Å²) in [5, 5.41) is 15.9. The quantitative estimate of drug-likeness (QED) is 0.320. The van der Waals surface area contributed by atoms with Crippen LogP contribution in [0.5, 0.6) is 5.75 Å². The van der Waals surface area contributed by atoms with Gasteiger partial charge >= 0.3 is 0 Å². The number of amides is 2. The van der Waals surface area contributed by atoms with E-state index in [0.29, 0.717) is 42.4 Å². The number of aliphatic hydroxyl groups excluding tert-OH is 1. The largest absolute Gasteiger partial charge is 0.440 e. The molecule has 0 saturated carbocycles. The van der Waals surface area contributed by atoms with Crippen molar-refractivity contribution < 1.29 is 19.4 Å². The average Bonchev–Trinajstić information content (AvgIpc) is 2.84. The second kappa shape index (κ2) is 11.3. The lowest BCUT2D eigenvalue weighted by Crippen LogP contribution is -2.54. The van der Waals surface area contributed by atoms with Crippen molar-refractivity contribution >= 4 is 29.1 Å². The van der Waals surface area contributed by atoms with E-state index in [9.17, 15) is 14.7 Å². The van der Waals surface area contributed by atoms with E-state index in [-0.39, 0.29) is 30.8 Å². The molecule has 0 spiro atoms. The second-order valence-corrected chi connectivity index (χ2v) is 8.92. The Morgan fingerprint density at radius 2 is 1.91 bits per heavy atom. The van der Waals surface area contributed by atoms with Gasteiger partial charge in [-0.25, -0.2) is 0 Å². The van der Waals surface area contributed by atoms with E-state index in [1.807, 2.05) is 37.3 Å². The molecule has 0 unspecified atom stereocenters. The number of anilines is 1. The number of nitrogens with zero attached hydrogens (tertiary/aromatic N) is 1. The first-order valence-electron chi connectivity index (χ1n) is 11.1. The van der Waals surface area contributed by atoms with Crippen LogP contribution < -0.4 is 21.1 Å². The number of aryl methyl sites for hydroxylation is 1. The van der Waals surface area contributed by atoms with Crippen LogP contribution >= 0.6 is 11.6 Å². The van der Waals surface area contributed by atoms with Gasteiger partial charge in [0, 0.05) is 31.2 Å². The highest BCUT2D eigenvalue weighted by Crippen LogP contribution is 2.32. The summed E-state index contributed by atoms with van der Waals surface area (Å²) in [5.41, 5.74) is 7.47. The Hall–Kier alpha value is -3.23. The van der Waals surface area contributed by atoms with Crippen LogP contribution in [-0.4, -0.2) is 48.1 Å². The summed E-state index contributed by atoms with van der Waals surface area (Å²) in [6.07, 6.45) is 0.833. The van der Waals surface area contributed by atoms with Gasteiger partial charge in [-0.3, -0.25) is 9.59 Å². The van der Waals surface area contributed by atoms with E-state index < -0.39 is 12.0 Å². The van der Waals surface area contributed by atoms with Gasteiger partial charge < -0.3 is 31.1 Å². The molecule has 1 saturated heterocycles. The molecule has 1 aliphatic heterocycles. The minimum absolute atomic E-state index is 0.154. The van der Waals surface area contributed by atoms with Crippen LogP contribution in [-0.2, 0) is 16.1 Å². The number of rotatable bonds is 9. The fourth-order valence-corrected chi connectivity index (χ4v) is 4.14. The predicted octanol–water partition coefficient (Wildman–Crippen LogP) is 2.59. The van der Waals surface area contributed by atoms with Crippen molar-refractivity contribution in [3.8, 4) is 5.75 Å². The first-order valence-corrected chi connectivity index (χ1v) is 11.5. The minimum Gasteiger partial charge on any atom is -0.440 e. The third-order valence-electron chi connectivity index (χ3n) is 6.11. The molecule has 9 heteroatoms. The number of likely N-dealkylation sites (tertiary alicyclic amines) is 1. The highest BCUT2D eigenvalue weighted by Gasteiger charge is 2.42. The first-order chi connectivity index (χ1) is 16.2. The maximum absolute atomic E-state index is 13.4. The molecule has 8 nitrogen and oxygen atoms in total. The Balaban J connectivity index is 1.69. The van der Waals surface area contributed by atoms with Crippen LogP contribution in [0.4, 0.5) is 5.69 Å². The maximum atomic E-state index is 13.4. The van der Waals surface area contributed by atoms with Crippen LogP contribution in [0.15, 0.2) is 54.9 Å². The zero-order chi connectivity index (χ0) is 24.7. The van der Waals surface area contributed by atoms with Crippen molar-refractivity contribution in [3.05, 3.63) is 71.1 Å². The lowest BCUT2D eigenvalue weighted by molar-refractivity contribution is -0.142. The fraction of sp³-hybridized carbons (Fsp3) is 0.360. The van der Waals surface area contributed by atoms with Gasteiger partial charge in [0.1, 0.15) is 6.61 Å². The first kappa shape index (κ1) is 25.4. The molecule has 2 aromatic carbocycles. The van der Waals surface area contributed by atoms with Gasteiger partial charge in [0.05, 0.1) is 11.1 Å². The van der Waals surface area contributed by atoms with E-state index in [0.717, 1.165) is 11.1 Å². The van der Waals surface area contributed by atoms with Gasteiger partial charge in [0.25, 0.3) is 0 Å². The molecule has 1 heterocycles. The third kappa shape index (κ3) is 6.21. The smallest absolute Gasteiger partial charge is 0.248 e. The number of nitrogens with two attached hydrogens (primary N) is 1. The Bertz CT molecular complexity index is 1050. The van der Waals surface area contributed by atoms with E-state index in [4.69, 9.17) is 22.1 Å². The van der Waals surface area contributed by atoms with Crippen LogP contribution in [0.25, 0.3) is 0 Å². The molecule has 2 aromatic rings. The van der Waals surface area contributed by atoms with Crippen molar-refractivity contribution in [3.63, 3.8) is 0 Å². The Labute approximate surface area is 204 Å². The Morgan fingerprint density at radius 3 is 2.59 bits per heavy atom. The summed E-state index contributed by atoms with van der Waals surface area (Å²) in [6.45, 7) is 6.57. The SMILES string of the molecule is C=C(NCC1(C(=O)NCc2ccccc2Cl)CCN(C(=O)CO)CC1)Oc1cc(C)ccc1N. The second-order valence-electron chi connectivity index (χ2n) is 8.51. The monoisotopic (exact) mass is 486 g/mol. The number of piperidine rings is 1. The van der Waals surface area contributed by atoms with E-state index >= 15 is 0 Å². The topological polar surface area (TPSA) is 117 Å². The molecule has 0 atom stereocenters. The van der Waals surface area contributed by atoms with E-state index in [2.05, 4.69) is 17.2 Å². The highest BCUT2D eigenvalue weighted by molar-refractivity contribution is 6.31. The number of halogens is 1. The number of nitrogen functional groups attached to an aromatic ring is 1. The van der Waals surface area contributed by atoms with E-state index in [1.165, 1.54) is 0 Å². The average molecular weight is 487 g/mol. The number of carbonyl (C=O) groups excluding carboxylic acids is 2. The molecular weight excluding hydrogens is 456 g/mol. The van der Waals surface area contributed by atoms with Gasteiger partial charge in [-0.05, 0) is 55.7 Å². The number of benzene rings is 2. The zero-order valence-corrected chi connectivity index (χ0v) is 20.0. The standard InChI is InChI=1S/C25H31ClN4O4/c1-17-7-8-21(27)22(13-17)34-18(2)29-16-25(9-11-30(12-10-25)23(32)15-31)24(33)28-14-19-5-3-4-6-20(19)26/h3-8,13,29,31H,2,9-12,14-16,27H2,1H3,(H,28,33). The van der Waals surface area contributed by atoms with Crippen molar-refractivity contribution in [2.24, 2.45) is 5.41 Å². The summed E-state index contributed by atoms with van der Waals surface area (Å²) >= 11 is 6.23. The van der Waals surface area contributed by atoms with Gasteiger partial charge in [0.15, 0.2) is 11.6 Å². The number of hydrogen-bond acceptors (Lipinski definition) is 6. The van der Waals surface area contributed by atoms with Crippen molar-refractivity contribution in [2.75, 3.05) is 32.0 Å². The summed E-state index contributed by atoms with van der Waals surface area (Å²) in [5.74, 6) is 0.252. The van der Waals surface area contributed by atoms with Crippen molar-refractivity contribution in [2.45, 2.75) is 26.3 Å². The fourth-order valence-electron chi connectivity index (χ4n) is 3.94. The Kier molecular flexibility index (Phi) is 8.41. The number of nitrogens with one attached hydrogen (secondary N) is 2. The lowest BCUT2D eigenvalue weighted by atomic mass is 9.77. The molecule has 0 aliphatic carbocycles. The van der Waals surface area contributed by atoms with Gasteiger partial charge in [-0.2, -0.15) is 0 Å². The lowest BCUT2D eigenvalue weighted by Gasteiger charge is -2.40. The number of aliphatic hydroxyl groups is 1. The Morgan fingerprint density at radius 1 is 1.21 bits per heavy atom. The summed E-state index contributed by atoms with van der Waals surface area (Å²) in [4.78, 5) is 26.9.